The first-order chi connectivity index (χ1) is 9.81. The average molecular weight is 310 g/mol. The number of nitrogens with one attached hydrogen (secondary N) is 1. The van der Waals surface area contributed by atoms with E-state index in [4.69, 9.17) is 0 Å². The third-order valence-electron chi connectivity index (χ3n) is 4.39. The normalized spacial score (nSPS) is 26.5. The van der Waals surface area contributed by atoms with E-state index >= 15 is 0 Å². The molecule has 1 saturated carbocycles. The number of carbonyl (C=O) groups excluding carboxylic acids is 1. The van der Waals surface area contributed by atoms with E-state index in [2.05, 4.69) is 18.6 Å². The maximum absolute atomic E-state index is 12.4. The second-order valence-corrected chi connectivity index (χ2v) is 7.52. The molecular formula is C15H20NO4S-. The quantitative estimate of drug-likeness (QED) is 0.904. The van der Waals surface area contributed by atoms with Gasteiger partial charge in [0.05, 0.1) is 10.9 Å². The topological polar surface area (TPSA) is 86.3 Å². The number of aromatic carboxylic acids is 1. The van der Waals surface area contributed by atoms with Crippen LogP contribution in [0.5, 0.6) is 0 Å². The van der Waals surface area contributed by atoms with Crippen molar-refractivity contribution in [2.24, 2.45) is 11.8 Å². The number of hydrogen-bond acceptors (Lipinski definition) is 4. The summed E-state index contributed by atoms with van der Waals surface area (Å²) in [6.07, 6.45) is 2.92. The third-order valence-corrected chi connectivity index (χ3v) is 5.88. The van der Waals surface area contributed by atoms with Crippen molar-refractivity contribution in [3.05, 3.63) is 29.8 Å². The lowest BCUT2D eigenvalue weighted by molar-refractivity contribution is -0.255. The van der Waals surface area contributed by atoms with Crippen molar-refractivity contribution in [1.29, 1.82) is 0 Å². The molecule has 2 rings (SSSR count). The van der Waals surface area contributed by atoms with Gasteiger partial charge in [0.15, 0.2) is 0 Å². The largest absolute Gasteiger partial charge is 0.545 e. The predicted molar refractivity (Wildman–Crippen MR) is 77.1 cm³/mol. The van der Waals surface area contributed by atoms with Gasteiger partial charge in [-0.3, -0.25) is 0 Å². The summed E-state index contributed by atoms with van der Waals surface area (Å²) in [7, 11) is -3.71. The van der Waals surface area contributed by atoms with Crippen LogP contribution in [-0.4, -0.2) is 20.4 Å². The highest BCUT2D eigenvalue weighted by atomic mass is 32.2. The minimum absolute atomic E-state index is 0.0328. The van der Waals surface area contributed by atoms with Gasteiger partial charge >= 0.3 is 0 Å². The molecule has 0 radical (unpaired) electrons. The smallest absolute Gasteiger partial charge is 0.240 e. The fourth-order valence-corrected chi connectivity index (χ4v) is 4.21. The molecule has 21 heavy (non-hydrogen) atoms. The van der Waals surface area contributed by atoms with Gasteiger partial charge in [0, 0.05) is 6.04 Å². The SMILES string of the molecule is C[C@@H]1[C@@H](C)CCC[C@H]1NS(=O)(=O)c1cccc(C(=O)[O-])c1. The molecule has 6 heteroatoms. The first-order valence-electron chi connectivity index (χ1n) is 7.15. The van der Waals surface area contributed by atoms with E-state index in [-0.39, 0.29) is 22.4 Å². The molecule has 116 valence electrons. The molecule has 0 saturated heterocycles. The molecule has 1 aliphatic rings. The summed E-state index contributed by atoms with van der Waals surface area (Å²) < 4.78 is 27.5. The molecule has 0 spiro atoms. The molecule has 1 aliphatic carbocycles. The van der Waals surface area contributed by atoms with Crippen LogP contribution in [0.3, 0.4) is 0 Å². The van der Waals surface area contributed by atoms with E-state index in [1.807, 2.05) is 0 Å². The molecule has 5 nitrogen and oxygen atoms in total. The second-order valence-electron chi connectivity index (χ2n) is 5.81. The molecule has 0 amide bonds. The minimum Gasteiger partial charge on any atom is -0.545 e. The molecule has 0 heterocycles. The highest BCUT2D eigenvalue weighted by Gasteiger charge is 2.30. The van der Waals surface area contributed by atoms with Gasteiger partial charge < -0.3 is 9.90 Å². The molecule has 0 unspecified atom stereocenters. The monoisotopic (exact) mass is 310 g/mol. The van der Waals surface area contributed by atoms with E-state index in [9.17, 15) is 18.3 Å². The maximum atomic E-state index is 12.4. The second kappa shape index (κ2) is 6.15. The van der Waals surface area contributed by atoms with Crippen LogP contribution >= 0.6 is 0 Å². The first kappa shape index (κ1) is 16.0. The first-order valence-corrected chi connectivity index (χ1v) is 8.63. The van der Waals surface area contributed by atoms with Gasteiger partial charge in [-0.05, 0) is 36.0 Å². The van der Waals surface area contributed by atoms with Crippen molar-refractivity contribution in [3.8, 4) is 0 Å². The van der Waals surface area contributed by atoms with Crippen LogP contribution in [0, 0.1) is 11.8 Å². The number of carboxylic acids is 1. The fourth-order valence-electron chi connectivity index (χ4n) is 2.81. The predicted octanol–water partition coefficient (Wildman–Crippen LogP) is 1.15. The van der Waals surface area contributed by atoms with Crippen molar-refractivity contribution in [3.63, 3.8) is 0 Å². The summed E-state index contributed by atoms with van der Waals surface area (Å²) in [5.41, 5.74) is -0.136. The van der Waals surface area contributed by atoms with Crippen LogP contribution in [0.15, 0.2) is 29.2 Å². The lowest BCUT2D eigenvalue weighted by Crippen LogP contribution is -2.43. The number of sulfonamides is 1. The minimum atomic E-state index is -3.71. The van der Waals surface area contributed by atoms with Crippen LogP contribution in [0.2, 0.25) is 0 Å². The third kappa shape index (κ3) is 3.63. The van der Waals surface area contributed by atoms with Gasteiger partial charge in [-0.1, -0.05) is 38.8 Å². The Morgan fingerprint density at radius 2 is 2.00 bits per heavy atom. The number of carbonyl (C=O) groups is 1. The average Bonchev–Trinajstić information content (AvgIpc) is 2.44. The number of hydrogen-bond donors (Lipinski definition) is 1. The zero-order valence-electron chi connectivity index (χ0n) is 12.2. The Morgan fingerprint density at radius 1 is 1.29 bits per heavy atom. The zero-order valence-corrected chi connectivity index (χ0v) is 13.0. The van der Waals surface area contributed by atoms with E-state index in [1.54, 1.807) is 0 Å². The lowest BCUT2D eigenvalue weighted by atomic mass is 9.78. The van der Waals surface area contributed by atoms with E-state index in [0.717, 1.165) is 25.3 Å². The summed E-state index contributed by atoms with van der Waals surface area (Å²) in [5, 5.41) is 10.8. The van der Waals surface area contributed by atoms with Gasteiger partial charge in [0.2, 0.25) is 10.0 Å². The molecule has 0 bridgehead atoms. The van der Waals surface area contributed by atoms with Crippen LogP contribution in [-0.2, 0) is 10.0 Å². The summed E-state index contributed by atoms with van der Waals surface area (Å²) >= 11 is 0. The van der Waals surface area contributed by atoms with Gasteiger partial charge in [-0.15, -0.1) is 0 Å². The summed E-state index contributed by atoms with van der Waals surface area (Å²) in [6.45, 7) is 4.18. The van der Waals surface area contributed by atoms with Gasteiger partial charge in [-0.2, -0.15) is 0 Å². The van der Waals surface area contributed by atoms with Crippen molar-refractivity contribution in [2.75, 3.05) is 0 Å². The fraction of sp³-hybridized carbons (Fsp3) is 0.533. The van der Waals surface area contributed by atoms with Crippen LogP contribution in [0.1, 0.15) is 43.5 Å². The van der Waals surface area contributed by atoms with Gasteiger partial charge in [0.25, 0.3) is 0 Å². The lowest BCUT2D eigenvalue weighted by Gasteiger charge is -2.34. The van der Waals surface area contributed by atoms with Crippen molar-refractivity contribution >= 4 is 16.0 Å². The Labute approximate surface area is 125 Å². The molecule has 0 aliphatic heterocycles. The molecule has 1 N–H and O–H groups in total. The highest BCUT2D eigenvalue weighted by Crippen LogP contribution is 2.30. The molecule has 1 aromatic carbocycles. The van der Waals surface area contributed by atoms with Crippen molar-refractivity contribution < 1.29 is 18.3 Å². The molecule has 0 aromatic heterocycles. The Morgan fingerprint density at radius 3 is 2.67 bits per heavy atom. The van der Waals surface area contributed by atoms with E-state index in [1.165, 1.54) is 18.2 Å². The van der Waals surface area contributed by atoms with Crippen LogP contribution < -0.4 is 9.83 Å². The summed E-state index contributed by atoms with van der Waals surface area (Å²) in [6, 6.07) is 5.15. The van der Waals surface area contributed by atoms with Crippen molar-refractivity contribution in [1.82, 2.24) is 4.72 Å². The summed E-state index contributed by atoms with van der Waals surface area (Å²) in [5.74, 6) is -0.648. The van der Waals surface area contributed by atoms with E-state index < -0.39 is 16.0 Å². The molecular weight excluding hydrogens is 290 g/mol. The maximum Gasteiger partial charge on any atom is 0.240 e. The standard InChI is InChI=1S/C15H21NO4S/c1-10-5-3-8-14(11(10)2)16-21(19,20)13-7-4-6-12(9-13)15(17)18/h4,6-7,9-11,14,16H,3,5,8H2,1-2H3,(H,17,18)/p-1/t10-,11+,14+/m0/s1. The Kier molecular flexibility index (Phi) is 4.68. The Balaban J connectivity index is 2.22. The zero-order chi connectivity index (χ0) is 15.6. The highest BCUT2D eigenvalue weighted by molar-refractivity contribution is 7.89. The van der Waals surface area contributed by atoms with Crippen LogP contribution in [0.4, 0.5) is 0 Å². The van der Waals surface area contributed by atoms with Gasteiger partial charge in [0.1, 0.15) is 0 Å². The Bertz CT molecular complexity index is 626. The van der Waals surface area contributed by atoms with E-state index in [0.29, 0.717) is 5.92 Å². The van der Waals surface area contributed by atoms with Gasteiger partial charge in [-0.25, -0.2) is 13.1 Å². The molecule has 1 fully saturated rings. The van der Waals surface area contributed by atoms with Crippen molar-refractivity contribution in [2.45, 2.75) is 44.0 Å². The number of benzene rings is 1. The Hall–Kier alpha value is -1.40. The molecule has 1 aromatic rings. The number of carboxylic acid groups (broad SMARTS) is 1. The van der Waals surface area contributed by atoms with Crippen LogP contribution in [0.25, 0.3) is 0 Å². The molecule has 3 atom stereocenters. The number of rotatable bonds is 4. The summed E-state index contributed by atoms with van der Waals surface area (Å²) in [4.78, 5) is 10.8.